The number of benzene rings is 2. The standard InChI is InChI=1S/C33H33F2N5O3/c1-21-30(40(25-7-4-3-5-8-25)37-33(21)24-16-36-38(2)17-24)15-26(42)13-23-18-39(31(20-41)32-9-6-12-43-32)19-27(23)22-10-11-28(34)29(35)14-22/h3-12,14,16-17,23,27,31,41H,13,15,18-20H2,1-2H3/t23-,27+,31?/m1/s1. The summed E-state index contributed by atoms with van der Waals surface area (Å²) < 4.78 is 37.3. The van der Waals surface area contributed by atoms with Gasteiger partial charge in [-0.1, -0.05) is 24.3 Å². The van der Waals surface area contributed by atoms with Crippen molar-refractivity contribution < 1.29 is 23.1 Å². The molecule has 2 aromatic carbocycles. The summed E-state index contributed by atoms with van der Waals surface area (Å²) in [6.45, 7) is 2.74. The summed E-state index contributed by atoms with van der Waals surface area (Å²) in [7, 11) is 1.85. The molecule has 1 N–H and O–H groups in total. The summed E-state index contributed by atoms with van der Waals surface area (Å²) >= 11 is 0. The highest BCUT2D eigenvalue weighted by atomic mass is 19.2. The first kappa shape index (κ1) is 28.7. The van der Waals surface area contributed by atoms with Crippen LogP contribution in [0.2, 0.25) is 0 Å². The van der Waals surface area contributed by atoms with Crippen LogP contribution in [0.3, 0.4) is 0 Å². The number of Topliss-reactive ketones (excluding diaryl/α,β-unsaturated/α-hetero) is 1. The Bertz CT molecular complexity index is 1710. The first-order valence-corrected chi connectivity index (χ1v) is 14.3. The van der Waals surface area contributed by atoms with Gasteiger partial charge in [-0.25, -0.2) is 13.5 Å². The Morgan fingerprint density at radius 2 is 1.91 bits per heavy atom. The van der Waals surface area contributed by atoms with Crippen molar-refractivity contribution in [3.8, 4) is 16.9 Å². The zero-order chi connectivity index (χ0) is 30.1. The molecule has 1 aliphatic heterocycles. The maximum atomic E-state index is 14.3. The van der Waals surface area contributed by atoms with Crippen molar-refractivity contribution in [1.82, 2.24) is 24.5 Å². The molecule has 0 amide bonds. The molecule has 0 bridgehead atoms. The summed E-state index contributed by atoms with van der Waals surface area (Å²) in [4.78, 5) is 15.9. The summed E-state index contributed by atoms with van der Waals surface area (Å²) in [5.41, 5.74) is 4.78. The third-order valence-corrected chi connectivity index (χ3v) is 8.40. The quantitative estimate of drug-likeness (QED) is 0.236. The van der Waals surface area contributed by atoms with Gasteiger partial charge >= 0.3 is 0 Å². The summed E-state index contributed by atoms with van der Waals surface area (Å²) in [6.07, 6.45) is 5.58. The number of furan rings is 1. The van der Waals surface area contributed by atoms with E-state index < -0.39 is 17.7 Å². The Labute approximate surface area is 248 Å². The fourth-order valence-electron chi connectivity index (χ4n) is 6.24. The first-order valence-electron chi connectivity index (χ1n) is 14.3. The van der Waals surface area contributed by atoms with Gasteiger partial charge in [-0.15, -0.1) is 0 Å². The average Bonchev–Trinajstić information content (AvgIpc) is 3.81. The van der Waals surface area contributed by atoms with Gasteiger partial charge in [0.05, 0.1) is 42.2 Å². The zero-order valence-electron chi connectivity index (χ0n) is 24.0. The van der Waals surface area contributed by atoms with E-state index in [0.29, 0.717) is 24.4 Å². The SMILES string of the molecule is Cc1c(-c2cnn(C)c2)nn(-c2ccccc2)c1CC(=O)C[C@@H]1CN(C(CO)c2ccco2)C[C@H]1c1ccc(F)c(F)c1. The Balaban J connectivity index is 1.30. The van der Waals surface area contributed by atoms with Crippen LogP contribution in [0.25, 0.3) is 16.9 Å². The average molecular weight is 586 g/mol. The lowest BCUT2D eigenvalue weighted by molar-refractivity contribution is -0.119. The summed E-state index contributed by atoms with van der Waals surface area (Å²) in [5, 5.41) is 19.4. The fourth-order valence-corrected chi connectivity index (χ4v) is 6.24. The lowest BCUT2D eigenvalue weighted by Gasteiger charge is -2.24. The highest BCUT2D eigenvalue weighted by Crippen LogP contribution is 2.40. The molecule has 3 atom stereocenters. The number of nitrogens with zero attached hydrogens (tertiary/aromatic N) is 5. The normalized spacial score (nSPS) is 17.9. The van der Waals surface area contributed by atoms with E-state index in [9.17, 15) is 18.7 Å². The van der Waals surface area contributed by atoms with Gasteiger partial charge in [-0.05, 0) is 60.4 Å². The van der Waals surface area contributed by atoms with Gasteiger partial charge in [0.25, 0.3) is 0 Å². The lowest BCUT2D eigenvalue weighted by atomic mass is 9.85. The topological polar surface area (TPSA) is 89.3 Å². The molecule has 0 radical (unpaired) electrons. The molecule has 0 spiro atoms. The fraction of sp³-hybridized carbons (Fsp3) is 0.303. The number of hydrogen-bond donors (Lipinski definition) is 1. The van der Waals surface area contributed by atoms with Gasteiger partial charge in [0.1, 0.15) is 11.5 Å². The van der Waals surface area contributed by atoms with Crippen LogP contribution in [0.5, 0.6) is 0 Å². The third-order valence-electron chi connectivity index (χ3n) is 8.40. The van der Waals surface area contributed by atoms with E-state index in [1.807, 2.05) is 55.2 Å². The number of halogens is 2. The molecule has 4 heterocycles. The molecule has 6 rings (SSSR count). The van der Waals surface area contributed by atoms with Crippen LogP contribution < -0.4 is 0 Å². The van der Waals surface area contributed by atoms with E-state index in [0.717, 1.165) is 34.3 Å². The molecule has 1 saturated heterocycles. The van der Waals surface area contributed by atoms with Gasteiger partial charge in [0.15, 0.2) is 11.6 Å². The van der Waals surface area contributed by atoms with Gasteiger partial charge in [-0.3, -0.25) is 14.4 Å². The Morgan fingerprint density at radius 3 is 2.58 bits per heavy atom. The van der Waals surface area contributed by atoms with E-state index in [4.69, 9.17) is 9.52 Å². The predicted molar refractivity (Wildman–Crippen MR) is 157 cm³/mol. The van der Waals surface area contributed by atoms with Crippen LogP contribution in [-0.4, -0.2) is 55.0 Å². The zero-order valence-corrected chi connectivity index (χ0v) is 24.0. The van der Waals surface area contributed by atoms with Gasteiger partial charge in [0.2, 0.25) is 0 Å². The Morgan fingerprint density at radius 1 is 1.09 bits per heavy atom. The second kappa shape index (κ2) is 12.1. The molecule has 5 aromatic rings. The molecule has 0 saturated carbocycles. The monoisotopic (exact) mass is 585 g/mol. The first-order chi connectivity index (χ1) is 20.8. The van der Waals surface area contributed by atoms with Crippen molar-refractivity contribution in [1.29, 1.82) is 0 Å². The molecule has 8 nitrogen and oxygen atoms in total. The number of para-hydroxylation sites is 1. The molecule has 0 aliphatic carbocycles. The lowest BCUT2D eigenvalue weighted by Crippen LogP contribution is -2.29. The second-order valence-electron chi connectivity index (χ2n) is 11.2. The van der Waals surface area contributed by atoms with E-state index in [1.54, 1.807) is 35.3 Å². The molecular formula is C33H33F2N5O3. The molecule has 10 heteroatoms. The molecule has 1 unspecified atom stereocenters. The van der Waals surface area contributed by atoms with Crippen molar-refractivity contribution in [2.24, 2.45) is 13.0 Å². The van der Waals surface area contributed by atoms with Crippen molar-refractivity contribution in [2.45, 2.75) is 31.7 Å². The summed E-state index contributed by atoms with van der Waals surface area (Å²) in [6, 6.07) is 16.8. The smallest absolute Gasteiger partial charge is 0.159 e. The van der Waals surface area contributed by atoms with Crippen molar-refractivity contribution in [3.05, 3.63) is 114 Å². The molecule has 3 aromatic heterocycles. The van der Waals surface area contributed by atoms with E-state index >= 15 is 0 Å². The Hall–Kier alpha value is -4.41. The van der Waals surface area contributed by atoms with Crippen LogP contribution in [0.15, 0.2) is 83.7 Å². The molecule has 1 aliphatic rings. The van der Waals surface area contributed by atoms with Crippen LogP contribution in [0.1, 0.15) is 41.0 Å². The van der Waals surface area contributed by atoms with Gasteiger partial charge in [0, 0.05) is 50.7 Å². The van der Waals surface area contributed by atoms with Crippen LogP contribution >= 0.6 is 0 Å². The number of aliphatic hydroxyl groups is 1. The minimum atomic E-state index is -0.920. The summed E-state index contributed by atoms with van der Waals surface area (Å²) in [5.74, 6) is -1.64. The van der Waals surface area contributed by atoms with Crippen molar-refractivity contribution in [2.75, 3.05) is 19.7 Å². The number of ketones is 1. The highest BCUT2D eigenvalue weighted by molar-refractivity contribution is 5.82. The highest BCUT2D eigenvalue weighted by Gasteiger charge is 2.39. The number of aromatic nitrogens is 4. The Kier molecular flexibility index (Phi) is 8.05. The number of carbonyl (C=O) groups excluding carboxylic acids is 1. The molecule has 222 valence electrons. The van der Waals surface area contributed by atoms with E-state index in [2.05, 4.69) is 10.00 Å². The third kappa shape index (κ3) is 5.80. The van der Waals surface area contributed by atoms with Crippen LogP contribution in [-0.2, 0) is 18.3 Å². The molecule has 43 heavy (non-hydrogen) atoms. The van der Waals surface area contributed by atoms with Crippen molar-refractivity contribution >= 4 is 5.78 Å². The van der Waals surface area contributed by atoms with E-state index in [-0.39, 0.29) is 37.1 Å². The van der Waals surface area contributed by atoms with Crippen LogP contribution in [0, 0.1) is 24.5 Å². The number of aryl methyl sites for hydroxylation is 1. The molecule has 1 fully saturated rings. The minimum Gasteiger partial charge on any atom is -0.468 e. The van der Waals surface area contributed by atoms with Crippen LogP contribution in [0.4, 0.5) is 8.78 Å². The largest absolute Gasteiger partial charge is 0.468 e. The van der Waals surface area contributed by atoms with Gasteiger partial charge in [-0.2, -0.15) is 10.2 Å². The van der Waals surface area contributed by atoms with Gasteiger partial charge < -0.3 is 9.52 Å². The number of rotatable bonds is 10. The number of hydrogen-bond acceptors (Lipinski definition) is 6. The number of likely N-dealkylation sites (tertiary alicyclic amines) is 1. The maximum Gasteiger partial charge on any atom is 0.159 e. The van der Waals surface area contributed by atoms with Crippen molar-refractivity contribution in [3.63, 3.8) is 0 Å². The number of aliphatic hydroxyl groups excluding tert-OH is 1. The maximum absolute atomic E-state index is 14.3. The van der Waals surface area contributed by atoms with E-state index in [1.165, 1.54) is 6.07 Å². The minimum absolute atomic E-state index is 0.0101. The molecular weight excluding hydrogens is 552 g/mol. The predicted octanol–water partition coefficient (Wildman–Crippen LogP) is 5.40. The second-order valence-corrected chi connectivity index (χ2v) is 11.2. The number of carbonyl (C=O) groups is 1.